The lowest BCUT2D eigenvalue weighted by molar-refractivity contribution is -0.385. The van der Waals surface area contributed by atoms with Gasteiger partial charge in [0.2, 0.25) is 0 Å². The number of benzene rings is 1. The zero-order chi connectivity index (χ0) is 15.6. The summed E-state index contributed by atoms with van der Waals surface area (Å²) in [6, 6.07) is 4.53. The van der Waals surface area contributed by atoms with Gasteiger partial charge in [-0.3, -0.25) is 10.1 Å². The van der Waals surface area contributed by atoms with Crippen molar-refractivity contribution in [3.05, 3.63) is 56.5 Å². The van der Waals surface area contributed by atoms with Gasteiger partial charge in [0.05, 0.1) is 16.2 Å². The van der Waals surface area contributed by atoms with Gasteiger partial charge in [0.15, 0.2) is 0 Å². The predicted octanol–water partition coefficient (Wildman–Crippen LogP) is 2.87. The van der Waals surface area contributed by atoms with Gasteiger partial charge in [-0.05, 0) is 26.8 Å². The van der Waals surface area contributed by atoms with Gasteiger partial charge in [0.1, 0.15) is 17.9 Å². The largest absolute Gasteiger partial charge is 0.457 e. The molecule has 0 atom stereocenters. The van der Waals surface area contributed by atoms with Crippen molar-refractivity contribution in [3.63, 3.8) is 0 Å². The van der Waals surface area contributed by atoms with E-state index in [1.807, 2.05) is 0 Å². The Bertz CT molecular complexity index is 686. The van der Waals surface area contributed by atoms with Crippen LogP contribution < -0.4 is 0 Å². The lowest BCUT2D eigenvalue weighted by Gasteiger charge is -2.06. The molecule has 21 heavy (non-hydrogen) atoms. The Morgan fingerprint density at radius 3 is 2.67 bits per heavy atom. The van der Waals surface area contributed by atoms with E-state index in [2.05, 4.69) is 5.16 Å². The van der Waals surface area contributed by atoms with Crippen LogP contribution in [0.15, 0.2) is 22.7 Å². The van der Waals surface area contributed by atoms with Crippen molar-refractivity contribution in [1.82, 2.24) is 5.16 Å². The van der Waals surface area contributed by atoms with E-state index in [1.54, 1.807) is 32.9 Å². The molecule has 0 aliphatic carbocycles. The van der Waals surface area contributed by atoms with Gasteiger partial charge in [-0.15, -0.1) is 0 Å². The molecule has 1 heterocycles. The SMILES string of the molecule is Cc1cccc(C(=O)OCc2c(C)noc2C)c1[N+](=O)[O-]. The molecule has 0 amide bonds. The monoisotopic (exact) mass is 290 g/mol. The predicted molar refractivity (Wildman–Crippen MR) is 72.9 cm³/mol. The van der Waals surface area contributed by atoms with E-state index in [9.17, 15) is 14.9 Å². The standard InChI is InChI=1S/C14H14N2O5/c1-8-5-4-6-11(13(8)16(18)19)14(17)20-7-12-9(2)15-21-10(12)3/h4-6H,7H2,1-3H3. The van der Waals surface area contributed by atoms with Crippen LogP contribution >= 0.6 is 0 Å². The Balaban J connectivity index is 2.22. The number of carbonyl (C=O) groups excluding carboxylic acids is 1. The number of hydrogen-bond donors (Lipinski definition) is 0. The molecular weight excluding hydrogens is 276 g/mol. The first kappa shape index (κ1) is 14.7. The summed E-state index contributed by atoms with van der Waals surface area (Å²) in [4.78, 5) is 22.5. The minimum Gasteiger partial charge on any atom is -0.457 e. The highest BCUT2D eigenvalue weighted by molar-refractivity contribution is 5.94. The van der Waals surface area contributed by atoms with E-state index in [-0.39, 0.29) is 17.9 Å². The fourth-order valence-corrected chi connectivity index (χ4v) is 1.99. The maximum Gasteiger partial charge on any atom is 0.345 e. The van der Waals surface area contributed by atoms with Crippen molar-refractivity contribution in [2.45, 2.75) is 27.4 Å². The first-order valence-electron chi connectivity index (χ1n) is 6.24. The molecule has 0 saturated heterocycles. The second kappa shape index (κ2) is 5.74. The molecule has 0 radical (unpaired) electrons. The molecule has 0 N–H and O–H groups in total. The molecule has 7 nitrogen and oxygen atoms in total. The Labute approximate surface area is 120 Å². The summed E-state index contributed by atoms with van der Waals surface area (Å²) in [6.45, 7) is 4.97. The van der Waals surface area contributed by atoms with Crippen LogP contribution in [0.5, 0.6) is 0 Å². The number of nitrogens with zero attached hydrogens (tertiary/aromatic N) is 2. The summed E-state index contributed by atoms with van der Waals surface area (Å²) < 4.78 is 10.1. The van der Waals surface area contributed by atoms with Crippen molar-refractivity contribution < 1.29 is 19.0 Å². The summed E-state index contributed by atoms with van der Waals surface area (Å²) in [5.74, 6) is -0.190. The summed E-state index contributed by atoms with van der Waals surface area (Å²) in [7, 11) is 0. The smallest absolute Gasteiger partial charge is 0.345 e. The maximum absolute atomic E-state index is 12.1. The van der Waals surface area contributed by atoms with Gasteiger partial charge < -0.3 is 9.26 Å². The number of rotatable bonds is 4. The Morgan fingerprint density at radius 2 is 2.10 bits per heavy atom. The van der Waals surface area contributed by atoms with Crippen LogP contribution in [0.3, 0.4) is 0 Å². The third kappa shape index (κ3) is 2.91. The quantitative estimate of drug-likeness (QED) is 0.488. The molecule has 0 fully saturated rings. The highest BCUT2D eigenvalue weighted by Crippen LogP contribution is 2.24. The van der Waals surface area contributed by atoms with Crippen LogP contribution in [-0.2, 0) is 11.3 Å². The number of para-hydroxylation sites is 1. The molecule has 1 aromatic heterocycles. The number of carbonyl (C=O) groups is 1. The van der Waals surface area contributed by atoms with Gasteiger partial charge in [-0.2, -0.15) is 0 Å². The van der Waals surface area contributed by atoms with E-state index in [0.717, 1.165) is 0 Å². The van der Waals surface area contributed by atoms with Gasteiger partial charge in [-0.1, -0.05) is 17.3 Å². The van der Waals surface area contributed by atoms with E-state index in [1.165, 1.54) is 6.07 Å². The number of hydrogen-bond acceptors (Lipinski definition) is 6. The molecule has 0 bridgehead atoms. The van der Waals surface area contributed by atoms with Crippen LogP contribution in [0.2, 0.25) is 0 Å². The number of aromatic nitrogens is 1. The van der Waals surface area contributed by atoms with Gasteiger partial charge in [-0.25, -0.2) is 4.79 Å². The van der Waals surface area contributed by atoms with Crippen LogP contribution in [0.4, 0.5) is 5.69 Å². The summed E-state index contributed by atoms with van der Waals surface area (Å²) in [6.07, 6.45) is 0. The molecule has 0 aliphatic heterocycles. The van der Waals surface area contributed by atoms with Gasteiger partial charge >= 0.3 is 5.97 Å². The maximum atomic E-state index is 12.1. The number of esters is 1. The van der Waals surface area contributed by atoms with Crippen molar-refractivity contribution >= 4 is 11.7 Å². The number of ether oxygens (including phenoxy) is 1. The highest BCUT2D eigenvalue weighted by Gasteiger charge is 2.24. The second-order valence-electron chi connectivity index (χ2n) is 4.61. The first-order chi connectivity index (χ1) is 9.91. The van der Waals surface area contributed by atoms with Crippen LogP contribution in [-0.4, -0.2) is 16.0 Å². The summed E-state index contributed by atoms with van der Waals surface area (Å²) in [5.41, 5.74) is 1.40. The molecule has 2 rings (SSSR count). The molecule has 0 unspecified atom stereocenters. The molecule has 0 aliphatic rings. The van der Waals surface area contributed by atoms with Crippen molar-refractivity contribution in [3.8, 4) is 0 Å². The molecule has 7 heteroatoms. The molecule has 1 aromatic carbocycles. The number of nitro groups is 1. The number of nitro benzene ring substituents is 1. The zero-order valence-corrected chi connectivity index (χ0v) is 11.9. The average molecular weight is 290 g/mol. The lowest BCUT2D eigenvalue weighted by atomic mass is 10.1. The zero-order valence-electron chi connectivity index (χ0n) is 11.9. The van der Waals surface area contributed by atoms with Crippen molar-refractivity contribution in [2.24, 2.45) is 0 Å². The molecular formula is C14H14N2O5. The molecule has 0 saturated carbocycles. The van der Waals surface area contributed by atoms with Gasteiger partial charge in [0, 0.05) is 5.56 Å². The summed E-state index contributed by atoms with van der Waals surface area (Å²) in [5, 5.41) is 14.8. The molecule has 2 aromatic rings. The third-order valence-corrected chi connectivity index (χ3v) is 3.17. The minimum atomic E-state index is -0.745. The second-order valence-corrected chi connectivity index (χ2v) is 4.61. The van der Waals surface area contributed by atoms with Crippen molar-refractivity contribution in [1.29, 1.82) is 0 Å². The molecule has 110 valence electrons. The fraction of sp³-hybridized carbons (Fsp3) is 0.286. The minimum absolute atomic E-state index is 0.0366. The van der Waals surface area contributed by atoms with Crippen LogP contribution in [0, 0.1) is 30.9 Å². The van der Waals surface area contributed by atoms with E-state index < -0.39 is 10.9 Å². The highest BCUT2D eigenvalue weighted by atomic mass is 16.6. The van der Waals surface area contributed by atoms with E-state index in [4.69, 9.17) is 9.26 Å². The fourth-order valence-electron chi connectivity index (χ4n) is 1.99. The average Bonchev–Trinajstić information content (AvgIpc) is 2.74. The Hall–Kier alpha value is -2.70. The molecule has 0 spiro atoms. The topological polar surface area (TPSA) is 95.5 Å². The Morgan fingerprint density at radius 1 is 1.38 bits per heavy atom. The van der Waals surface area contributed by atoms with Crippen LogP contribution in [0.1, 0.15) is 32.9 Å². The first-order valence-corrected chi connectivity index (χ1v) is 6.24. The van der Waals surface area contributed by atoms with E-state index in [0.29, 0.717) is 22.6 Å². The number of aryl methyl sites for hydroxylation is 3. The summed E-state index contributed by atoms with van der Waals surface area (Å²) >= 11 is 0. The lowest BCUT2D eigenvalue weighted by Crippen LogP contribution is -2.09. The van der Waals surface area contributed by atoms with Gasteiger partial charge in [0.25, 0.3) is 5.69 Å². The Kier molecular flexibility index (Phi) is 4.02. The third-order valence-electron chi connectivity index (χ3n) is 3.17. The van der Waals surface area contributed by atoms with E-state index >= 15 is 0 Å². The normalized spacial score (nSPS) is 10.4. The van der Waals surface area contributed by atoms with Crippen molar-refractivity contribution in [2.75, 3.05) is 0 Å². The van der Waals surface area contributed by atoms with Crippen LogP contribution in [0.25, 0.3) is 0 Å².